The van der Waals surface area contributed by atoms with Gasteiger partial charge in [0.25, 0.3) is 0 Å². The van der Waals surface area contributed by atoms with Crippen LogP contribution in [-0.4, -0.2) is 41.8 Å². The second-order valence-electron chi connectivity index (χ2n) is 6.73. The number of thiazole rings is 1. The van der Waals surface area contributed by atoms with Gasteiger partial charge in [0.2, 0.25) is 0 Å². The van der Waals surface area contributed by atoms with Crippen molar-refractivity contribution in [3.8, 4) is 5.75 Å². The highest BCUT2D eigenvalue weighted by molar-refractivity contribution is 7.11. The molecule has 0 saturated carbocycles. The minimum absolute atomic E-state index is 0.0983. The number of hydrogen-bond donors (Lipinski definition) is 3. The zero-order chi connectivity index (χ0) is 20.4. The topological polar surface area (TPSA) is 78.8 Å². The number of guanidine groups is 1. The monoisotopic (exact) mass is 404 g/mol. The van der Waals surface area contributed by atoms with Gasteiger partial charge in [0.05, 0.1) is 23.8 Å². The van der Waals surface area contributed by atoms with Crippen LogP contribution in [0.4, 0.5) is 0 Å². The molecule has 0 fully saturated rings. The molecule has 1 heterocycles. The van der Waals surface area contributed by atoms with Crippen LogP contribution in [0.5, 0.6) is 5.75 Å². The van der Waals surface area contributed by atoms with Crippen LogP contribution in [0.15, 0.2) is 35.5 Å². The van der Waals surface area contributed by atoms with E-state index in [0.717, 1.165) is 42.3 Å². The summed E-state index contributed by atoms with van der Waals surface area (Å²) in [6, 6.07) is 7.55. The molecule has 1 aromatic heterocycles. The van der Waals surface area contributed by atoms with Crippen LogP contribution < -0.4 is 15.4 Å². The third-order valence-corrected chi connectivity index (χ3v) is 5.16. The summed E-state index contributed by atoms with van der Waals surface area (Å²) in [7, 11) is 0. The van der Waals surface area contributed by atoms with Crippen molar-refractivity contribution in [1.82, 2.24) is 15.6 Å². The van der Waals surface area contributed by atoms with Gasteiger partial charge in [-0.15, -0.1) is 11.3 Å². The van der Waals surface area contributed by atoms with E-state index >= 15 is 0 Å². The summed E-state index contributed by atoms with van der Waals surface area (Å²) in [5.41, 5.74) is 0.799. The third kappa shape index (κ3) is 7.48. The molecule has 154 valence electrons. The molecule has 0 amide bonds. The Labute approximate surface area is 172 Å². The van der Waals surface area contributed by atoms with Gasteiger partial charge >= 0.3 is 0 Å². The molecule has 7 heteroatoms. The summed E-state index contributed by atoms with van der Waals surface area (Å²) < 4.78 is 5.70. The molecule has 0 radical (unpaired) electrons. The van der Waals surface area contributed by atoms with Gasteiger partial charge in [0.15, 0.2) is 5.96 Å². The largest absolute Gasteiger partial charge is 0.491 e. The maximum atomic E-state index is 10.5. The SMILES string of the molecule is CCNC(=NCC(O)c1cccc(OC(C)C)c1)NCCc1ncc(CC)s1. The van der Waals surface area contributed by atoms with Crippen molar-refractivity contribution in [2.24, 2.45) is 4.99 Å². The molecule has 2 rings (SSSR count). The predicted octanol–water partition coefficient (Wildman–Crippen LogP) is 3.32. The first-order valence-corrected chi connectivity index (χ1v) is 10.7. The lowest BCUT2D eigenvalue weighted by molar-refractivity contribution is 0.185. The third-order valence-electron chi connectivity index (χ3n) is 3.96. The number of nitrogens with one attached hydrogen (secondary N) is 2. The molecule has 1 atom stereocenters. The Kier molecular flexibility index (Phi) is 9.23. The lowest BCUT2D eigenvalue weighted by atomic mass is 10.1. The van der Waals surface area contributed by atoms with Gasteiger partial charge in [-0.25, -0.2) is 4.98 Å². The van der Waals surface area contributed by atoms with E-state index in [9.17, 15) is 5.11 Å². The number of ether oxygens (including phenoxy) is 1. The van der Waals surface area contributed by atoms with Crippen molar-refractivity contribution >= 4 is 17.3 Å². The van der Waals surface area contributed by atoms with E-state index in [1.165, 1.54) is 4.88 Å². The lowest BCUT2D eigenvalue weighted by Gasteiger charge is -2.15. The fourth-order valence-corrected chi connectivity index (χ4v) is 3.47. The first-order chi connectivity index (χ1) is 13.5. The predicted molar refractivity (Wildman–Crippen MR) is 116 cm³/mol. The fourth-order valence-electron chi connectivity index (χ4n) is 2.61. The lowest BCUT2D eigenvalue weighted by Crippen LogP contribution is -2.38. The Morgan fingerprint density at radius 3 is 2.79 bits per heavy atom. The second kappa shape index (κ2) is 11.7. The number of aryl methyl sites for hydroxylation is 1. The van der Waals surface area contributed by atoms with Crippen molar-refractivity contribution in [3.63, 3.8) is 0 Å². The molecule has 3 N–H and O–H groups in total. The molecule has 0 bridgehead atoms. The van der Waals surface area contributed by atoms with Gasteiger partial charge in [0, 0.05) is 30.6 Å². The van der Waals surface area contributed by atoms with Crippen molar-refractivity contribution in [2.45, 2.75) is 52.7 Å². The van der Waals surface area contributed by atoms with Crippen LogP contribution >= 0.6 is 11.3 Å². The summed E-state index contributed by atoms with van der Waals surface area (Å²) in [6.45, 7) is 9.91. The molecule has 0 aliphatic heterocycles. The molecule has 6 nitrogen and oxygen atoms in total. The Bertz CT molecular complexity index is 746. The van der Waals surface area contributed by atoms with Gasteiger partial charge in [-0.2, -0.15) is 0 Å². The first kappa shape index (κ1) is 22.2. The highest BCUT2D eigenvalue weighted by Crippen LogP contribution is 2.20. The van der Waals surface area contributed by atoms with E-state index in [-0.39, 0.29) is 12.6 Å². The molecule has 28 heavy (non-hydrogen) atoms. The van der Waals surface area contributed by atoms with E-state index in [2.05, 4.69) is 27.5 Å². The molecule has 0 spiro atoms. The Morgan fingerprint density at radius 2 is 2.11 bits per heavy atom. The number of aliphatic hydroxyl groups excluding tert-OH is 1. The van der Waals surface area contributed by atoms with Crippen LogP contribution in [0.3, 0.4) is 0 Å². The molecule has 0 aliphatic carbocycles. The Hall–Kier alpha value is -2.12. The molecule has 0 saturated heterocycles. The summed E-state index contributed by atoms with van der Waals surface area (Å²) in [5, 5.41) is 18.2. The Balaban J connectivity index is 1.89. The average Bonchev–Trinajstić information content (AvgIpc) is 3.13. The minimum atomic E-state index is -0.683. The molecule has 1 aromatic carbocycles. The van der Waals surface area contributed by atoms with Crippen LogP contribution in [0.25, 0.3) is 0 Å². The van der Waals surface area contributed by atoms with Crippen LogP contribution in [0.1, 0.15) is 49.2 Å². The van der Waals surface area contributed by atoms with Gasteiger partial charge in [-0.05, 0) is 44.9 Å². The second-order valence-corrected chi connectivity index (χ2v) is 7.92. The summed E-state index contributed by atoms with van der Waals surface area (Å²) in [5.74, 6) is 1.46. The standard InChI is InChI=1S/C21H32N4O2S/c1-5-18-13-24-20(28-18)10-11-23-21(22-6-2)25-14-19(26)16-8-7-9-17(12-16)27-15(3)4/h7-9,12-13,15,19,26H,5-6,10-11,14H2,1-4H3,(H2,22,23,25). The van der Waals surface area contributed by atoms with E-state index in [4.69, 9.17) is 4.74 Å². The van der Waals surface area contributed by atoms with Crippen molar-refractivity contribution in [2.75, 3.05) is 19.6 Å². The number of aromatic nitrogens is 1. The van der Waals surface area contributed by atoms with Crippen LogP contribution in [-0.2, 0) is 12.8 Å². The average molecular weight is 405 g/mol. The zero-order valence-corrected chi connectivity index (χ0v) is 18.1. The Morgan fingerprint density at radius 1 is 1.29 bits per heavy atom. The first-order valence-electron chi connectivity index (χ1n) is 9.92. The summed E-state index contributed by atoms with van der Waals surface area (Å²) in [4.78, 5) is 10.3. The molecular weight excluding hydrogens is 372 g/mol. The zero-order valence-electron chi connectivity index (χ0n) is 17.2. The number of rotatable bonds is 10. The number of hydrogen-bond acceptors (Lipinski definition) is 5. The smallest absolute Gasteiger partial charge is 0.191 e. The number of aliphatic hydroxyl groups is 1. The molecule has 0 aliphatic rings. The van der Waals surface area contributed by atoms with E-state index in [1.807, 2.05) is 51.2 Å². The van der Waals surface area contributed by atoms with Crippen molar-refractivity contribution in [3.05, 3.63) is 45.9 Å². The van der Waals surface area contributed by atoms with Crippen molar-refractivity contribution < 1.29 is 9.84 Å². The number of aliphatic imine (C=N–C) groups is 1. The van der Waals surface area contributed by atoms with Gasteiger partial charge in [-0.1, -0.05) is 19.1 Å². The van der Waals surface area contributed by atoms with Crippen molar-refractivity contribution in [1.29, 1.82) is 0 Å². The number of benzene rings is 1. The van der Waals surface area contributed by atoms with E-state index < -0.39 is 6.10 Å². The molecule has 2 aromatic rings. The van der Waals surface area contributed by atoms with Gasteiger partial charge in [-0.3, -0.25) is 4.99 Å². The van der Waals surface area contributed by atoms with Gasteiger partial charge in [0.1, 0.15) is 5.75 Å². The van der Waals surface area contributed by atoms with Crippen LogP contribution in [0, 0.1) is 0 Å². The quantitative estimate of drug-likeness (QED) is 0.418. The number of nitrogens with zero attached hydrogens (tertiary/aromatic N) is 2. The highest BCUT2D eigenvalue weighted by atomic mass is 32.1. The molecule has 1 unspecified atom stereocenters. The fraction of sp³-hybridized carbons (Fsp3) is 0.524. The summed E-state index contributed by atoms with van der Waals surface area (Å²) >= 11 is 1.76. The van der Waals surface area contributed by atoms with Crippen LogP contribution in [0.2, 0.25) is 0 Å². The van der Waals surface area contributed by atoms with Gasteiger partial charge < -0.3 is 20.5 Å². The normalized spacial score (nSPS) is 12.9. The highest BCUT2D eigenvalue weighted by Gasteiger charge is 2.10. The molecular formula is C21H32N4O2S. The minimum Gasteiger partial charge on any atom is -0.491 e. The van der Waals surface area contributed by atoms with E-state index in [0.29, 0.717) is 5.96 Å². The maximum absolute atomic E-state index is 10.5. The maximum Gasteiger partial charge on any atom is 0.191 e. The van der Waals surface area contributed by atoms with E-state index in [1.54, 1.807) is 11.3 Å². The summed E-state index contributed by atoms with van der Waals surface area (Å²) in [6.07, 6.45) is 3.24.